The van der Waals surface area contributed by atoms with Gasteiger partial charge in [-0.3, -0.25) is 0 Å². The molecule has 2 heterocycles. The van der Waals surface area contributed by atoms with Crippen molar-refractivity contribution in [2.24, 2.45) is 0 Å². The van der Waals surface area contributed by atoms with Gasteiger partial charge in [0, 0.05) is 13.1 Å². The second kappa shape index (κ2) is 3.24. The van der Waals surface area contributed by atoms with E-state index in [0.717, 1.165) is 30.3 Å². The molecule has 0 aliphatic carbocycles. The Morgan fingerprint density at radius 2 is 2.00 bits per heavy atom. The normalized spacial score (nSPS) is 16.5. The Balaban J connectivity index is 2.25. The highest BCUT2D eigenvalue weighted by Gasteiger charge is 2.13. The molecule has 1 fully saturated rings. The molecule has 1 aliphatic heterocycles. The average Bonchev–Trinajstić information content (AvgIpc) is 2.62. The third-order valence-corrected chi connectivity index (χ3v) is 2.54. The summed E-state index contributed by atoms with van der Waals surface area (Å²) < 4.78 is 0. The van der Waals surface area contributed by atoms with E-state index in [-0.39, 0.29) is 0 Å². The van der Waals surface area contributed by atoms with E-state index >= 15 is 0 Å². The highest BCUT2D eigenvalue weighted by atomic mass is 15.2. The van der Waals surface area contributed by atoms with Gasteiger partial charge in [-0.05, 0) is 31.9 Å². The van der Waals surface area contributed by atoms with E-state index in [9.17, 15) is 0 Å². The summed E-state index contributed by atoms with van der Waals surface area (Å²) in [5, 5.41) is 0. The van der Waals surface area contributed by atoms with Gasteiger partial charge >= 0.3 is 0 Å². The van der Waals surface area contributed by atoms with Crippen molar-refractivity contribution < 1.29 is 0 Å². The highest BCUT2D eigenvalue weighted by molar-refractivity contribution is 5.50. The number of nitrogens with two attached hydrogens (primary N) is 1. The van der Waals surface area contributed by atoms with Crippen LogP contribution in [0, 0.1) is 6.92 Å². The molecule has 3 nitrogen and oxygen atoms in total. The predicted octanol–water partition coefficient (Wildman–Crippen LogP) is 1.57. The van der Waals surface area contributed by atoms with Crippen molar-refractivity contribution in [2.45, 2.75) is 19.8 Å². The van der Waals surface area contributed by atoms with Crippen LogP contribution in [0.3, 0.4) is 0 Å². The van der Waals surface area contributed by atoms with Crippen LogP contribution in [0.25, 0.3) is 0 Å². The topological polar surface area (TPSA) is 42.2 Å². The molecule has 1 aromatic heterocycles. The SMILES string of the molecule is Cc1nc(N2CCCC2)ccc1N. The van der Waals surface area contributed by atoms with Crippen LogP contribution in [0.2, 0.25) is 0 Å². The number of aromatic nitrogens is 1. The average molecular weight is 177 g/mol. The second-order valence-corrected chi connectivity index (χ2v) is 3.54. The van der Waals surface area contributed by atoms with E-state index in [1.54, 1.807) is 0 Å². The lowest BCUT2D eigenvalue weighted by molar-refractivity contribution is 0.930. The van der Waals surface area contributed by atoms with Gasteiger partial charge in [-0.15, -0.1) is 0 Å². The predicted molar refractivity (Wildman–Crippen MR) is 54.8 cm³/mol. The van der Waals surface area contributed by atoms with Crippen molar-refractivity contribution in [2.75, 3.05) is 23.7 Å². The molecule has 0 atom stereocenters. The molecular weight excluding hydrogens is 162 g/mol. The van der Waals surface area contributed by atoms with Crippen molar-refractivity contribution in [1.82, 2.24) is 4.98 Å². The molecule has 0 amide bonds. The lowest BCUT2D eigenvalue weighted by Gasteiger charge is -2.16. The lowest BCUT2D eigenvalue weighted by atomic mass is 10.3. The molecule has 0 spiro atoms. The molecule has 0 bridgehead atoms. The highest BCUT2D eigenvalue weighted by Crippen LogP contribution is 2.20. The number of rotatable bonds is 1. The summed E-state index contributed by atoms with van der Waals surface area (Å²) in [5.41, 5.74) is 7.42. The zero-order valence-corrected chi connectivity index (χ0v) is 7.95. The number of nitrogens with zero attached hydrogens (tertiary/aromatic N) is 2. The third kappa shape index (κ3) is 1.59. The van der Waals surface area contributed by atoms with Gasteiger partial charge in [0.15, 0.2) is 0 Å². The number of pyridine rings is 1. The van der Waals surface area contributed by atoms with E-state index in [0.29, 0.717) is 0 Å². The fourth-order valence-corrected chi connectivity index (χ4v) is 1.68. The van der Waals surface area contributed by atoms with Crippen LogP contribution in [-0.2, 0) is 0 Å². The first-order valence-corrected chi connectivity index (χ1v) is 4.75. The number of hydrogen-bond acceptors (Lipinski definition) is 3. The van der Waals surface area contributed by atoms with E-state index < -0.39 is 0 Å². The zero-order valence-electron chi connectivity index (χ0n) is 7.95. The lowest BCUT2D eigenvalue weighted by Crippen LogP contribution is -2.19. The van der Waals surface area contributed by atoms with E-state index in [2.05, 4.69) is 9.88 Å². The van der Waals surface area contributed by atoms with Crippen LogP contribution in [0.1, 0.15) is 18.5 Å². The molecule has 0 aromatic carbocycles. The maximum atomic E-state index is 5.71. The zero-order chi connectivity index (χ0) is 9.26. The monoisotopic (exact) mass is 177 g/mol. The standard InChI is InChI=1S/C10H15N3/c1-8-9(11)4-5-10(12-8)13-6-2-3-7-13/h4-5H,2-3,6-7,11H2,1H3. The van der Waals surface area contributed by atoms with Crippen LogP contribution in [0.4, 0.5) is 11.5 Å². The Morgan fingerprint density at radius 3 is 2.62 bits per heavy atom. The summed E-state index contributed by atoms with van der Waals surface area (Å²) in [6, 6.07) is 3.95. The number of nitrogen functional groups attached to an aromatic ring is 1. The van der Waals surface area contributed by atoms with Crippen LogP contribution >= 0.6 is 0 Å². The Bertz CT molecular complexity index is 303. The summed E-state index contributed by atoms with van der Waals surface area (Å²) in [7, 11) is 0. The first-order valence-electron chi connectivity index (χ1n) is 4.75. The fourth-order valence-electron chi connectivity index (χ4n) is 1.68. The summed E-state index contributed by atoms with van der Waals surface area (Å²) in [6.07, 6.45) is 2.57. The van der Waals surface area contributed by atoms with Crippen LogP contribution in [-0.4, -0.2) is 18.1 Å². The molecule has 2 rings (SSSR count). The number of anilines is 2. The molecule has 70 valence electrons. The molecular formula is C10H15N3. The Kier molecular flexibility index (Phi) is 2.08. The molecule has 0 unspecified atom stereocenters. The van der Waals surface area contributed by atoms with Gasteiger partial charge in [0.1, 0.15) is 5.82 Å². The molecule has 1 aromatic rings. The molecule has 1 saturated heterocycles. The van der Waals surface area contributed by atoms with E-state index in [1.165, 1.54) is 12.8 Å². The molecule has 2 N–H and O–H groups in total. The van der Waals surface area contributed by atoms with Crippen molar-refractivity contribution in [3.8, 4) is 0 Å². The van der Waals surface area contributed by atoms with E-state index in [1.807, 2.05) is 19.1 Å². The fraction of sp³-hybridized carbons (Fsp3) is 0.500. The summed E-state index contributed by atoms with van der Waals surface area (Å²) in [6.45, 7) is 4.22. The van der Waals surface area contributed by atoms with E-state index in [4.69, 9.17) is 5.73 Å². The van der Waals surface area contributed by atoms with Gasteiger partial charge in [0.05, 0.1) is 11.4 Å². The van der Waals surface area contributed by atoms with Crippen molar-refractivity contribution in [1.29, 1.82) is 0 Å². The molecule has 0 saturated carbocycles. The van der Waals surface area contributed by atoms with Gasteiger partial charge < -0.3 is 10.6 Å². The van der Waals surface area contributed by atoms with Gasteiger partial charge in [0.2, 0.25) is 0 Å². The third-order valence-electron chi connectivity index (χ3n) is 2.54. The smallest absolute Gasteiger partial charge is 0.128 e. The van der Waals surface area contributed by atoms with Gasteiger partial charge in [-0.25, -0.2) is 4.98 Å². The minimum Gasteiger partial charge on any atom is -0.397 e. The Hall–Kier alpha value is -1.25. The van der Waals surface area contributed by atoms with Crippen LogP contribution in [0.15, 0.2) is 12.1 Å². The minimum atomic E-state index is 0.781. The molecule has 1 aliphatic rings. The quantitative estimate of drug-likeness (QED) is 0.708. The maximum Gasteiger partial charge on any atom is 0.128 e. The Morgan fingerprint density at radius 1 is 1.31 bits per heavy atom. The van der Waals surface area contributed by atoms with Gasteiger partial charge in [-0.2, -0.15) is 0 Å². The molecule has 0 radical (unpaired) electrons. The minimum absolute atomic E-state index is 0.781. The van der Waals surface area contributed by atoms with Crippen molar-refractivity contribution >= 4 is 11.5 Å². The van der Waals surface area contributed by atoms with Crippen molar-refractivity contribution in [3.63, 3.8) is 0 Å². The largest absolute Gasteiger partial charge is 0.397 e. The molecule has 13 heavy (non-hydrogen) atoms. The summed E-state index contributed by atoms with van der Waals surface area (Å²) in [4.78, 5) is 6.77. The summed E-state index contributed by atoms with van der Waals surface area (Å²) in [5.74, 6) is 1.07. The first-order chi connectivity index (χ1) is 6.27. The molecule has 3 heteroatoms. The maximum absolute atomic E-state index is 5.71. The van der Waals surface area contributed by atoms with Crippen LogP contribution < -0.4 is 10.6 Å². The van der Waals surface area contributed by atoms with Crippen LogP contribution in [0.5, 0.6) is 0 Å². The second-order valence-electron chi connectivity index (χ2n) is 3.54. The summed E-state index contributed by atoms with van der Waals surface area (Å²) >= 11 is 0. The Labute approximate surface area is 78.6 Å². The van der Waals surface area contributed by atoms with Gasteiger partial charge in [-0.1, -0.05) is 0 Å². The van der Waals surface area contributed by atoms with Gasteiger partial charge in [0.25, 0.3) is 0 Å². The number of hydrogen-bond donors (Lipinski definition) is 1. The number of aryl methyl sites for hydroxylation is 1. The first kappa shape index (κ1) is 8.35. The van der Waals surface area contributed by atoms with Crippen molar-refractivity contribution in [3.05, 3.63) is 17.8 Å².